The number of ether oxygens (including phenoxy) is 4. The summed E-state index contributed by atoms with van der Waals surface area (Å²) in [5, 5.41) is 8.74. The van der Waals surface area contributed by atoms with E-state index < -0.39 is 12.0 Å². The van der Waals surface area contributed by atoms with Crippen molar-refractivity contribution in [2.45, 2.75) is 13.0 Å². The van der Waals surface area contributed by atoms with Gasteiger partial charge < -0.3 is 18.9 Å². The Morgan fingerprint density at radius 2 is 1.90 bits per heavy atom. The highest BCUT2D eigenvalue weighted by Gasteiger charge is 2.36. The molecule has 1 atom stereocenters. The van der Waals surface area contributed by atoms with Crippen LogP contribution in [-0.4, -0.2) is 30.5 Å². The molecule has 0 aliphatic carbocycles. The summed E-state index contributed by atoms with van der Waals surface area (Å²) in [6.45, 7) is 1.95. The molecule has 10 heteroatoms. The highest BCUT2D eigenvalue weighted by atomic mass is 32.1. The standard InChI is InChI=1S/C31H23N3O6S/c1-2-37-30(36)26-27(20-6-4-3-5-7-20)33-31-34(28(26)21-10-13-23-24(17-21)40-18-39-23)29(35)25(41-31)16-19-8-11-22(12-9-19)38-15-14-32/h3-13,16-17,28H,2,15,18H2,1H3/b25-16-/t28-/m1/s1. The van der Waals surface area contributed by atoms with Crippen LogP contribution in [-0.2, 0) is 9.53 Å². The Kier molecular flexibility index (Phi) is 7.10. The second-order valence-electron chi connectivity index (χ2n) is 9.06. The van der Waals surface area contributed by atoms with E-state index in [1.807, 2.05) is 42.5 Å². The third-order valence-electron chi connectivity index (χ3n) is 6.57. The zero-order valence-electron chi connectivity index (χ0n) is 21.9. The zero-order valence-corrected chi connectivity index (χ0v) is 22.7. The number of aromatic nitrogens is 1. The highest BCUT2D eigenvalue weighted by Crippen LogP contribution is 2.40. The molecule has 3 aromatic carbocycles. The maximum atomic E-state index is 14.0. The van der Waals surface area contributed by atoms with E-state index >= 15 is 0 Å². The fourth-order valence-corrected chi connectivity index (χ4v) is 5.77. The first-order valence-corrected chi connectivity index (χ1v) is 13.7. The van der Waals surface area contributed by atoms with Crippen molar-refractivity contribution in [3.63, 3.8) is 0 Å². The van der Waals surface area contributed by atoms with E-state index in [2.05, 4.69) is 0 Å². The van der Waals surface area contributed by atoms with Gasteiger partial charge in [-0.25, -0.2) is 9.79 Å². The van der Waals surface area contributed by atoms with Crippen LogP contribution in [0.5, 0.6) is 17.2 Å². The predicted molar refractivity (Wildman–Crippen MR) is 151 cm³/mol. The van der Waals surface area contributed by atoms with E-state index in [1.165, 1.54) is 15.9 Å². The molecule has 0 spiro atoms. The summed E-state index contributed by atoms with van der Waals surface area (Å²) in [5.74, 6) is 1.12. The molecule has 2 aliphatic rings. The first kappa shape index (κ1) is 26.1. The van der Waals surface area contributed by atoms with E-state index in [0.717, 1.165) is 11.1 Å². The van der Waals surface area contributed by atoms with Crippen LogP contribution in [0.15, 0.2) is 88.2 Å². The number of carbonyl (C=O) groups is 1. The van der Waals surface area contributed by atoms with Crippen LogP contribution in [0.2, 0.25) is 0 Å². The molecule has 0 N–H and O–H groups in total. The van der Waals surface area contributed by atoms with Crippen molar-refractivity contribution >= 4 is 29.1 Å². The van der Waals surface area contributed by atoms with Gasteiger partial charge in [-0.15, -0.1) is 0 Å². The van der Waals surface area contributed by atoms with Gasteiger partial charge in [-0.3, -0.25) is 9.36 Å². The lowest BCUT2D eigenvalue weighted by Crippen LogP contribution is -2.40. The van der Waals surface area contributed by atoms with E-state index in [0.29, 0.717) is 37.8 Å². The number of rotatable bonds is 7. The molecule has 4 aromatic rings. The minimum Gasteiger partial charge on any atom is -0.479 e. The Labute approximate surface area is 238 Å². The molecular formula is C31H23N3O6S. The Balaban J connectivity index is 1.57. The Hall–Kier alpha value is -5.14. The summed E-state index contributed by atoms with van der Waals surface area (Å²) in [5.41, 5.74) is 2.56. The lowest BCUT2D eigenvalue weighted by atomic mass is 9.93. The molecule has 6 rings (SSSR count). The normalized spacial score (nSPS) is 15.6. The summed E-state index contributed by atoms with van der Waals surface area (Å²) >= 11 is 1.24. The summed E-state index contributed by atoms with van der Waals surface area (Å²) in [6, 6.07) is 23.0. The number of nitriles is 1. The minimum atomic E-state index is -0.820. The number of benzene rings is 3. The molecule has 204 valence electrons. The summed E-state index contributed by atoms with van der Waals surface area (Å²) in [4.78, 5) is 32.9. The van der Waals surface area contributed by atoms with Crippen molar-refractivity contribution in [1.82, 2.24) is 4.57 Å². The number of thiazole rings is 1. The lowest BCUT2D eigenvalue weighted by molar-refractivity contribution is -0.138. The first-order valence-electron chi connectivity index (χ1n) is 12.8. The SMILES string of the molecule is CCOC(=O)C1=C(c2ccccc2)N=c2s/c(=C\c3ccc(OCC#N)cc3)c(=O)n2[C@@H]1c1ccc2c(c1)OCO2. The second-order valence-corrected chi connectivity index (χ2v) is 10.1. The molecule has 0 saturated carbocycles. The third kappa shape index (κ3) is 4.99. The molecule has 2 aliphatic heterocycles. The monoisotopic (exact) mass is 565 g/mol. The topological polar surface area (TPSA) is 112 Å². The van der Waals surface area contributed by atoms with Crippen LogP contribution < -0.4 is 29.1 Å². The maximum absolute atomic E-state index is 14.0. The van der Waals surface area contributed by atoms with Crippen molar-refractivity contribution in [3.8, 4) is 23.3 Å². The van der Waals surface area contributed by atoms with Gasteiger partial charge in [0.05, 0.1) is 28.5 Å². The molecule has 0 radical (unpaired) electrons. The fraction of sp³-hybridized carbons (Fsp3) is 0.161. The summed E-state index contributed by atoms with van der Waals surface area (Å²) in [7, 11) is 0. The predicted octanol–water partition coefficient (Wildman–Crippen LogP) is 3.57. The molecule has 0 bridgehead atoms. The number of fused-ring (bicyclic) bond motifs is 2. The minimum absolute atomic E-state index is 0.0512. The first-order chi connectivity index (χ1) is 20.1. The van der Waals surface area contributed by atoms with Crippen molar-refractivity contribution in [2.24, 2.45) is 4.99 Å². The van der Waals surface area contributed by atoms with Crippen LogP contribution in [0.4, 0.5) is 0 Å². The molecule has 9 nitrogen and oxygen atoms in total. The molecule has 0 amide bonds. The van der Waals surface area contributed by atoms with Crippen molar-refractivity contribution in [1.29, 1.82) is 5.26 Å². The van der Waals surface area contributed by atoms with Gasteiger partial charge in [0.25, 0.3) is 5.56 Å². The van der Waals surface area contributed by atoms with Crippen molar-refractivity contribution in [2.75, 3.05) is 20.0 Å². The van der Waals surface area contributed by atoms with Crippen molar-refractivity contribution < 1.29 is 23.7 Å². The molecule has 0 fully saturated rings. The molecule has 0 unspecified atom stereocenters. The van der Waals surface area contributed by atoms with Crippen LogP contribution in [0.3, 0.4) is 0 Å². The average Bonchev–Trinajstić information content (AvgIpc) is 3.60. The van der Waals surface area contributed by atoms with Gasteiger partial charge in [0.15, 0.2) is 22.9 Å². The number of hydrogen-bond acceptors (Lipinski definition) is 9. The number of esters is 1. The molecule has 1 aromatic heterocycles. The third-order valence-corrected chi connectivity index (χ3v) is 7.55. The summed E-state index contributed by atoms with van der Waals surface area (Å²) < 4.78 is 23.9. The molecular weight excluding hydrogens is 542 g/mol. The van der Waals surface area contributed by atoms with Gasteiger partial charge in [0, 0.05) is 5.56 Å². The quantitative estimate of drug-likeness (QED) is 0.315. The zero-order chi connectivity index (χ0) is 28.3. The fourth-order valence-electron chi connectivity index (χ4n) is 4.77. The van der Waals surface area contributed by atoms with Gasteiger partial charge >= 0.3 is 5.97 Å². The largest absolute Gasteiger partial charge is 0.479 e. The van der Waals surface area contributed by atoms with Crippen LogP contribution in [0, 0.1) is 11.3 Å². The van der Waals surface area contributed by atoms with Gasteiger partial charge in [0.2, 0.25) is 6.79 Å². The number of nitrogens with zero attached hydrogens (tertiary/aromatic N) is 3. The van der Waals surface area contributed by atoms with Gasteiger partial charge in [-0.05, 0) is 48.4 Å². The van der Waals surface area contributed by atoms with Crippen molar-refractivity contribution in [3.05, 3.63) is 115 Å². The summed E-state index contributed by atoms with van der Waals surface area (Å²) in [6.07, 6.45) is 1.77. The number of carbonyl (C=O) groups excluding carboxylic acids is 1. The number of hydrogen-bond donors (Lipinski definition) is 0. The molecule has 3 heterocycles. The smallest absolute Gasteiger partial charge is 0.338 e. The lowest BCUT2D eigenvalue weighted by Gasteiger charge is -2.26. The molecule has 41 heavy (non-hydrogen) atoms. The van der Waals surface area contributed by atoms with Crippen LogP contribution in [0.25, 0.3) is 11.8 Å². The Bertz CT molecular complexity index is 1890. The average molecular weight is 566 g/mol. The maximum Gasteiger partial charge on any atom is 0.338 e. The van der Waals surface area contributed by atoms with Gasteiger partial charge in [0.1, 0.15) is 11.8 Å². The van der Waals surface area contributed by atoms with E-state index in [1.54, 1.807) is 49.4 Å². The molecule has 0 saturated heterocycles. The Morgan fingerprint density at radius 3 is 2.66 bits per heavy atom. The van der Waals surface area contributed by atoms with Crippen LogP contribution in [0.1, 0.15) is 29.7 Å². The van der Waals surface area contributed by atoms with E-state index in [4.69, 9.17) is 29.2 Å². The second kappa shape index (κ2) is 11.2. The van der Waals surface area contributed by atoms with E-state index in [9.17, 15) is 9.59 Å². The highest BCUT2D eigenvalue weighted by molar-refractivity contribution is 7.07. The van der Waals surface area contributed by atoms with E-state index in [-0.39, 0.29) is 31.1 Å². The van der Waals surface area contributed by atoms with Crippen LogP contribution >= 0.6 is 11.3 Å². The van der Waals surface area contributed by atoms with Gasteiger partial charge in [-0.2, -0.15) is 5.26 Å². The Morgan fingerprint density at radius 1 is 1.12 bits per heavy atom. The van der Waals surface area contributed by atoms with Gasteiger partial charge in [-0.1, -0.05) is 59.9 Å².